The highest BCUT2D eigenvalue weighted by molar-refractivity contribution is 8.02. The lowest BCUT2D eigenvalue weighted by Crippen LogP contribution is -2.54. The van der Waals surface area contributed by atoms with Gasteiger partial charge in [-0.1, -0.05) is 12.2 Å². The van der Waals surface area contributed by atoms with Gasteiger partial charge in [0.05, 0.1) is 9.74 Å². The average Bonchev–Trinajstić information content (AvgIpc) is 2.47. The van der Waals surface area contributed by atoms with Crippen molar-refractivity contribution in [3.63, 3.8) is 0 Å². The molecule has 2 amide bonds. The van der Waals surface area contributed by atoms with Crippen LogP contribution in [0.25, 0.3) is 0 Å². The fraction of sp³-hybridized carbons (Fsp3) is 0.846. The number of carbonyl (C=O) groups is 1. The first-order valence-corrected chi connectivity index (χ1v) is 8.61. The Labute approximate surface area is 125 Å². The van der Waals surface area contributed by atoms with Crippen molar-refractivity contribution >= 4 is 35.0 Å². The molecule has 2 aliphatic rings. The van der Waals surface area contributed by atoms with Gasteiger partial charge in [0, 0.05) is 26.2 Å². The monoisotopic (exact) mass is 301 g/mol. The van der Waals surface area contributed by atoms with E-state index >= 15 is 0 Å². The molecule has 0 unspecified atom stereocenters. The summed E-state index contributed by atoms with van der Waals surface area (Å²) in [4.78, 5) is 17.0. The van der Waals surface area contributed by atoms with E-state index in [9.17, 15) is 4.79 Å². The summed E-state index contributed by atoms with van der Waals surface area (Å²) < 4.78 is -0.103. The van der Waals surface area contributed by atoms with E-state index < -0.39 is 0 Å². The molecule has 6 heteroatoms. The van der Waals surface area contributed by atoms with Crippen LogP contribution < -0.4 is 5.73 Å². The molecule has 0 bridgehead atoms. The lowest BCUT2D eigenvalue weighted by molar-refractivity contribution is 0.133. The third-order valence-electron chi connectivity index (χ3n) is 4.31. The topological polar surface area (TPSA) is 49.6 Å². The maximum atomic E-state index is 12.4. The van der Waals surface area contributed by atoms with Gasteiger partial charge in [-0.3, -0.25) is 0 Å². The molecule has 2 saturated heterocycles. The number of likely N-dealkylation sites (tertiary alicyclic amines) is 2. The molecule has 108 valence electrons. The molecule has 2 fully saturated rings. The SMILES string of the molecule is CSC1(C(N)=S)CCN(C(=O)N2CCCCC2)CC1. The molecule has 2 heterocycles. The van der Waals surface area contributed by atoms with Gasteiger partial charge in [-0.05, 0) is 38.4 Å². The molecule has 0 saturated carbocycles. The first-order valence-electron chi connectivity index (χ1n) is 6.98. The number of hydrogen-bond acceptors (Lipinski definition) is 3. The minimum absolute atomic E-state index is 0.103. The highest BCUT2D eigenvalue weighted by atomic mass is 32.2. The third kappa shape index (κ3) is 3.16. The second kappa shape index (κ2) is 6.31. The Bertz CT molecular complexity index is 348. The van der Waals surface area contributed by atoms with Crippen LogP contribution in [0.3, 0.4) is 0 Å². The molecule has 0 spiro atoms. The predicted molar refractivity (Wildman–Crippen MR) is 84.7 cm³/mol. The molecule has 2 aliphatic heterocycles. The van der Waals surface area contributed by atoms with Gasteiger partial charge in [0.1, 0.15) is 0 Å². The van der Waals surface area contributed by atoms with Crippen LogP contribution in [0.1, 0.15) is 32.1 Å². The van der Waals surface area contributed by atoms with Gasteiger partial charge in [0.2, 0.25) is 0 Å². The molecule has 2 rings (SSSR count). The van der Waals surface area contributed by atoms with Gasteiger partial charge in [-0.15, -0.1) is 0 Å². The van der Waals surface area contributed by atoms with Crippen LogP contribution in [0.2, 0.25) is 0 Å². The van der Waals surface area contributed by atoms with Gasteiger partial charge in [0.15, 0.2) is 0 Å². The van der Waals surface area contributed by atoms with E-state index in [2.05, 4.69) is 6.26 Å². The zero-order valence-electron chi connectivity index (χ0n) is 11.6. The number of nitrogens with two attached hydrogens (primary N) is 1. The van der Waals surface area contributed by atoms with Crippen molar-refractivity contribution in [3.05, 3.63) is 0 Å². The van der Waals surface area contributed by atoms with Crippen molar-refractivity contribution in [3.8, 4) is 0 Å². The van der Waals surface area contributed by atoms with E-state index in [0.29, 0.717) is 4.99 Å². The van der Waals surface area contributed by atoms with E-state index in [1.54, 1.807) is 11.8 Å². The van der Waals surface area contributed by atoms with Crippen molar-refractivity contribution < 1.29 is 4.79 Å². The largest absolute Gasteiger partial charge is 0.392 e. The maximum Gasteiger partial charge on any atom is 0.319 e. The number of thioether (sulfide) groups is 1. The Morgan fingerprint density at radius 3 is 2.11 bits per heavy atom. The smallest absolute Gasteiger partial charge is 0.319 e. The number of rotatable bonds is 2. The summed E-state index contributed by atoms with van der Waals surface area (Å²) in [7, 11) is 0. The Hall–Kier alpha value is -0.490. The Balaban J connectivity index is 1.92. The summed E-state index contributed by atoms with van der Waals surface area (Å²) in [5, 5.41) is 0. The Morgan fingerprint density at radius 1 is 1.11 bits per heavy atom. The molecule has 0 radical (unpaired) electrons. The number of carbonyl (C=O) groups excluding carboxylic acids is 1. The molecular formula is C13H23N3OS2. The average molecular weight is 301 g/mol. The second-order valence-corrected chi connectivity index (χ2v) is 7.01. The van der Waals surface area contributed by atoms with Crippen molar-refractivity contribution in [2.24, 2.45) is 5.73 Å². The van der Waals surface area contributed by atoms with Crippen LogP contribution in [0.15, 0.2) is 0 Å². The summed E-state index contributed by atoms with van der Waals surface area (Å²) in [5.41, 5.74) is 5.87. The standard InChI is InChI=1S/C13H23N3OS2/c1-19-13(11(14)18)5-9-16(10-6-13)12(17)15-7-3-2-4-8-15/h2-10H2,1H3,(H2,14,18). The zero-order valence-corrected chi connectivity index (χ0v) is 13.2. The van der Waals surface area contributed by atoms with Crippen molar-refractivity contribution in [1.29, 1.82) is 0 Å². The second-order valence-electron chi connectivity index (χ2n) is 5.38. The first kappa shape index (κ1) is 14.9. The number of urea groups is 1. The molecule has 0 atom stereocenters. The number of nitrogens with zero attached hydrogens (tertiary/aromatic N) is 2. The quantitative estimate of drug-likeness (QED) is 0.793. The third-order valence-corrected chi connectivity index (χ3v) is 6.24. The van der Waals surface area contributed by atoms with E-state index in [1.165, 1.54) is 6.42 Å². The molecule has 0 aromatic carbocycles. The van der Waals surface area contributed by atoms with Crippen molar-refractivity contribution in [1.82, 2.24) is 9.80 Å². The van der Waals surface area contributed by atoms with Gasteiger partial charge < -0.3 is 15.5 Å². The minimum Gasteiger partial charge on any atom is -0.392 e. The van der Waals surface area contributed by atoms with Crippen LogP contribution in [0.5, 0.6) is 0 Å². The molecule has 2 N–H and O–H groups in total. The fourth-order valence-corrected chi connectivity index (χ4v) is 4.14. The maximum absolute atomic E-state index is 12.4. The molecule has 4 nitrogen and oxygen atoms in total. The lowest BCUT2D eigenvalue weighted by Gasteiger charge is -2.42. The van der Waals surface area contributed by atoms with Crippen LogP contribution in [-0.2, 0) is 0 Å². The summed E-state index contributed by atoms with van der Waals surface area (Å²) >= 11 is 6.93. The van der Waals surface area contributed by atoms with Gasteiger partial charge in [-0.2, -0.15) is 11.8 Å². The zero-order chi connectivity index (χ0) is 13.9. The van der Waals surface area contributed by atoms with Crippen LogP contribution in [0.4, 0.5) is 4.79 Å². The van der Waals surface area contributed by atoms with Crippen LogP contribution in [-0.4, -0.2) is 58.0 Å². The minimum atomic E-state index is -0.103. The molecule has 0 aromatic heterocycles. The number of piperidine rings is 2. The Morgan fingerprint density at radius 2 is 1.63 bits per heavy atom. The Kier molecular flexibility index (Phi) is 4.95. The van der Waals surface area contributed by atoms with Gasteiger partial charge in [-0.25, -0.2) is 4.79 Å². The van der Waals surface area contributed by atoms with E-state index in [4.69, 9.17) is 18.0 Å². The molecule has 19 heavy (non-hydrogen) atoms. The fourth-order valence-electron chi connectivity index (χ4n) is 2.90. The lowest BCUT2D eigenvalue weighted by atomic mass is 9.95. The van der Waals surface area contributed by atoms with Crippen LogP contribution in [0, 0.1) is 0 Å². The van der Waals surface area contributed by atoms with E-state index in [0.717, 1.165) is 51.9 Å². The predicted octanol–water partition coefficient (Wildman–Crippen LogP) is 2.08. The van der Waals surface area contributed by atoms with E-state index in [-0.39, 0.29) is 10.8 Å². The summed E-state index contributed by atoms with van der Waals surface area (Å²) in [6.45, 7) is 3.37. The highest BCUT2D eigenvalue weighted by Gasteiger charge is 2.38. The van der Waals surface area contributed by atoms with Crippen molar-refractivity contribution in [2.45, 2.75) is 36.9 Å². The summed E-state index contributed by atoms with van der Waals surface area (Å²) in [6, 6.07) is 0.206. The number of hydrogen-bond donors (Lipinski definition) is 1. The molecular weight excluding hydrogens is 278 g/mol. The summed E-state index contributed by atoms with van der Waals surface area (Å²) in [5.74, 6) is 0. The summed E-state index contributed by atoms with van der Waals surface area (Å²) in [6.07, 6.45) is 7.34. The molecule has 0 aromatic rings. The van der Waals surface area contributed by atoms with Crippen LogP contribution >= 0.6 is 24.0 Å². The normalized spacial score (nSPS) is 23.2. The highest BCUT2D eigenvalue weighted by Crippen LogP contribution is 2.35. The van der Waals surface area contributed by atoms with Crippen molar-refractivity contribution in [2.75, 3.05) is 32.4 Å². The number of amides is 2. The van der Waals surface area contributed by atoms with Gasteiger partial charge in [0.25, 0.3) is 0 Å². The van der Waals surface area contributed by atoms with E-state index in [1.807, 2.05) is 9.80 Å². The molecule has 0 aliphatic carbocycles. The first-order chi connectivity index (χ1) is 9.09. The number of thiocarbonyl (C=S) groups is 1. The van der Waals surface area contributed by atoms with Gasteiger partial charge >= 0.3 is 6.03 Å².